The Morgan fingerprint density at radius 1 is 1.45 bits per heavy atom. The third kappa shape index (κ3) is 3.55. The molecule has 2 rings (SSSR count). The van der Waals surface area contributed by atoms with Gasteiger partial charge in [0.2, 0.25) is 0 Å². The third-order valence-corrected chi connectivity index (χ3v) is 2.92. The SMILES string of the molecule is Cc1ccc(NN)c(C(=O)NCCCc2ncn[nH]2)c1. The summed E-state index contributed by atoms with van der Waals surface area (Å²) in [5.41, 5.74) is 4.70. The number of carbonyl (C=O) groups excluding carboxylic acids is 1. The van der Waals surface area contributed by atoms with Crippen LogP contribution >= 0.6 is 0 Å². The quantitative estimate of drug-likeness (QED) is 0.353. The summed E-state index contributed by atoms with van der Waals surface area (Å²) in [6, 6.07) is 5.50. The number of aryl methyl sites for hydroxylation is 2. The average molecular weight is 274 g/mol. The number of amides is 1. The van der Waals surface area contributed by atoms with Gasteiger partial charge in [-0.15, -0.1) is 0 Å². The molecule has 0 atom stereocenters. The number of hydrogen-bond acceptors (Lipinski definition) is 5. The van der Waals surface area contributed by atoms with Crippen LogP contribution in [0, 0.1) is 6.92 Å². The predicted molar refractivity (Wildman–Crippen MR) is 76.0 cm³/mol. The largest absolute Gasteiger partial charge is 0.352 e. The molecule has 0 saturated carbocycles. The van der Waals surface area contributed by atoms with Gasteiger partial charge in [-0.3, -0.25) is 15.7 Å². The van der Waals surface area contributed by atoms with Crippen LogP contribution in [0.4, 0.5) is 5.69 Å². The van der Waals surface area contributed by atoms with E-state index in [9.17, 15) is 4.79 Å². The Labute approximate surface area is 117 Å². The second-order valence-corrected chi connectivity index (χ2v) is 4.48. The number of rotatable bonds is 6. The fraction of sp³-hybridized carbons (Fsp3) is 0.308. The molecule has 1 aromatic heterocycles. The van der Waals surface area contributed by atoms with Crippen molar-refractivity contribution in [2.24, 2.45) is 5.84 Å². The van der Waals surface area contributed by atoms with Crippen molar-refractivity contribution < 1.29 is 4.79 Å². The van der Waals surface area contributed by atoms with Crippen molar-refractivity contribution in [1.29, 1.82) is 0 Å². The maximum Gasteiger partial charge on any atom is 0.253 e. The lowest BCUT2D eigenvalue weighted by molar-refractivity contribution is 0.0954. The number of anilines is 1. The second-order valence-electron chi connectivity index (χ2n) is 4.48. The van der Waals surface area contributed by atoms with Crippen LogP contribution in [0.25, 0.3) is 0 Å². The number of nitrogens with one attached hydrogen (secondary N) is 3. The van der Waals surface area contributed by atoms with Gasteiger partial charge in [-0.1, -0.05) is 11.6 Å². The third-order valence-electron chi connectivity index (χ3n) is 2.92. The zero-order valence-electron chi connectivity index (χ0n) is 11.3. The highest BCUT2D eigenvalue weighted by molar-refractivity contribution is 5.99. The summed E-state index contributed by atoms with van der Waals surface area (Å²) < 4.78 is 0. The van der Waals surface area contributed by atoms with Crippen LogP contribution in [0.1, 0.15) is 28.2 Å². The maximum absolute atomic E-state index is 12.1. The number of hydrazine groups is 1. The molecule has 20 heavy (non-hydrogen) atoms. The van der Waals surface area contributed by atoms with Crippen molar-refractivity contribution in [3.05, 3.63) is 41.5 Å². The Bertz CT molecular complexity index is 566. The molecule has 1 heterocycles. The summed E-state index contributed by atoms with van der Waals surface area (Å²) in [4.78, 5) is 16.1. The normalized spacial score (nSPS) is 10.3. The van der Waals surface area contributed by atoms with Crippen molar-refractivity contribution in [2.45, 2.75) is 19.8 Å². The molecule has 0 bridgehead atoms. The van der Waals surface area contributed by atoms with Gasteiger partial charge in [-0.05, 0) is 25.5 Å². The zero-order chi connectivity index (χ0) is 14.4. The van der Waals surface area contributed by atoms with Crippen LogP contribution in [-0.4, -0.2) is 27.6 Å². The van der Waals surface area contributed by atoms with E-state index < -0.39 is 0 Å². The van der Waals surface area contributed by atoms with Crippen LogP contribution in [-0.2, 0) is 6.42 Å². The van der Waals surface area contributed by atoms with Gasteiger partial charge in [0.05, 0.1) is 11.3 Å². The van der Waals surface area contributed by atoms with Crippen molar-refractivity contribution in [3.8, 4) is 0 Å². The molecule has 0 aliphatic heterocycles. The minimum atomic E-state index is -0.140. The Balaban J connectivity index is 1.87. The molecule has 7 nitrogen and oxygen atoms in total. The van der Waals surface area contributed by atoms with Crippen LogP contribution in [0.2, 0.25) is 0 Å². The molecule has 0 aliphatic carbocycles. The van der Waals surface area contributed by atoms with E-state index in [0.717, 1.165) is 24.2 Å². The molecule has 1 amide bonds. The van der Waals surface area contributed by atoms with Crippen molar-refractivity contribution in [1.82, 2.24) is 20.5 Å². The number of H-pyrrole nitrogens is 1. The number of aromatic nitrogens is 3. The van der Waals surface area contributed by atoms with Gasteiger partial charge in [-0.25, -0.2) is 4.98 Å². The maximum atomic E-state index is 12.1. The Morgan fingerprint density at radius 2 is 2.30 bits per heavy atom. The summed E-state index contributed by atoms with van der Waals surface area (Å²) in [5, 5.41) is 9.42. The number of nitrogen functional groups attached to an aromatic ring is 1. The lowest BCUT2D eigenvalue weighted by Gasteiger charge is -2.10. The molecule has 106 valence electrons. The number of carbonyl (C=O) groups is 1. The van der Waals surface area contributed by atoms with Crippen molar-refractivity contribution in [2.75, 3.05) is 12.0 Å². The first-order valence-corrected chi connectivity index (χ1v) is 6.40. The Morgan fingerprint density at radius 3 is 3.00 bits per heavy atom. The van der Waals surface area contributed by atoms with Gasteiger partial charge in [0.1, 0.15) is 12.2 Å². The molecular weight excluding hydrogens is 256 g/mol. The van der Waals surface area contributed by atoms with E-state index >= 15 is 0 Å². The molecule has 5 N–H and O–H groups in total. The van der Waals surface area contributed by atoms with E-state index in [1.807, 2.05) is 13.0 Å². The predicted octanol–water partition coefficient (Wildman–Crippen LogP) is 0.761. The zero-order valence-corrected chi connectivity index (χ0v) is 11.3. The van der Waals surface area contributed by atoms with Crippen LogP contribution in [0.15, 0.2) is 24.5 Å². The van der Waals surface area contributed by atoms with E-state index in [1.165, 1.54) is 6.33 Å². The summed E-state index contributed by atoms with van der Waals surface area (Å²) in [6.45, 7) is 2.50. The fourth-order valence-electron chi connectivity index (χ4n) is 1.88. The molecule has 0 aliphatic rings. The second kappa shape index (κ2) is 6.67. The number of benzene rings is 1. The fourth-order valence-corrected chi connectivity index (χ4v) is 1.88. The molecule has 1 aromatic carbocycles. The molecule has 7 heteroatoms. The van der Waals surface area contributed by atoms with Crippen molar-refractivity contribution >= 4 is 11.6 Å². The highest BCUT2D eigenvalue weighted by Crippen LogP contribution is 2.16. The first-order chi connectivity index (χ1) is 9.70. The monoisotopic (exact) mass is 274 g/mol. The molecule has 0 unspecified atom stereocenters. The molecular formula is C13H18N6O. The van der Waals surface area contributed by atoms with Gasteiger partial charge in [0, 0.05) is 13.0 Å². The smallest absolute Gasteiger partial charge is 0.253 e. The van der Waals surface area contributed by atoms with Crippen LogP contribution < -0.4 is 16.6 Å². The van der Waals surface area contributed by atoms with Gasteiger partial charge < -0.3 is 10.7 Å². The molecule has 2 aromatic rings. The summed E-state index contributed by atoms with van der Waals surface area (Å²) in [6.07, 6.45) is 3.01. The average Bonchev–Trinajstić information content (AvgIpc) is 2.96. The van der Waals surface area contributed by atoms with E-state index in [4.69, 9.17) is 5.84 Å². The van der Waals surface area contributed by atoms with Gasteiger partial charge in [0.25, 0.3) is 5.91 Å². The van der Waals surface area contributed by atoms with Crippen molar-refractivity contribution in [3.63, 3.8) is 0 Å². The molecule has 0 spiro atoms. The van der Waals surface area contributed by atoms with Crippen LogP contribution in [0.3, 0.4) is 0 Å². The highest BCUT2D eigenvalue weighted by atomic mass is 16.1. The molecule has 0 radical (unpaired) electrons. The number of nitrogens with zero attached hydrogens (tertiary/aromatic N) is 2. The lowest BCUT2D eigenvalue weighted by Crippen LogP contribution is -2.26. The van der Waals surface area contributed by atoms with Crippen LogP contribution in [0.5, 0.6) is 0 Å². The Kier molecular flexibility index (Phi) is 4.67. The van der Waals surface area contributed by atoms with E-state index in [0.29, 0.717) is 17.8 Å². The van der Waals surface area contributed by atoms with E-state index in [1.54, 1.807) is 12.1 Å². The molecule has 0 fully saturated rings. The minimum Gasteiger partial charge on any atom is -0.352 e. The van der Waals surface area contributed by atoms with Gasteiger partial charge in [0.15, 0.2) is 0 Å². The molecule has 0 saturated heterocycles. The highest BCUT2D eigenvalue weighted by Gasteiger charge is 2.10. The first kappa shape index (κ1) is 14.0. The summed E-state index contributed by atoms with van der Waals surface area (Å²) in [7, 11) is 0. The summed E-state index contributed by atoms with van der Waals surface area (Å²) >= 11 is 0. The van der Waals surface area contributed by atoms with E-state index in [-0.39, 0.29) is 5.91 Å². The first-order valence-electron chi connectivity index (χ1n) is 6.40. The number of nitrogens with two attached hydrogens (primary N) is 1. The Hall–Kier alpha value is -2.41. The number of aromatic amines is 1. The van der Waals surface area contributed by atoms with Gasteiger partial charge in [-0.2, -0.15) is 5.10 Å². The lowest BCUT2D eigenvalue weighted by atomic mass is 10.1. The van der Waals surface area contributed by atoms with Gasteiger partial charge >= 0.3 is 0 Å². The number of hydrogen-bond donors (Lipinski definition) is 4. The minimum absolute atomic E-state index is 0.140. The standard InChI is InChI=1S/C13H18N6O/c1-9-4-5-11(18-14)10(7-9)13(20)15-6-2-3-12-16-8-17-19-12/h4-5,7-8,18H,2-3,6,14H2,1H3,(H,15,20)(H,16,17,19). The summed E-state index contributed by atoms with van der Waals surface area (Å²) in [5.74, 6) is 6.09. The van der Waals surface area contributed by atoms with E-state index in [2.05, 4.69) is 25.9 Å². The topological polar surface area (TPSA) is 109 Å².